The summed E-state index contributed by atoms with van der Waals surface area (Å²) in [5, 5.41) is 4.78. The molecule has 52 valence electrons. The maximum absolute atomic E-state index is 10.5. The van der Waals surface area contributed by atoms with Crippen molar-refractivity contribution in [3.8, 4) is 0 Å². The van der Waals surface area contributed by atoms with Crippen molar-refractivity contribution in [3.63, 3.8) is 0 Å². The Morgan fingerprint density at radius 1 is 1.11 bits per heavy atom. The molecule has 0 fully saturated rings. The van der Waals surface area contributed by atoms with Crippen molar-refractivity contribution >= 4 is 28.8 Å². The van der Waals surface area contributed by atoms with Gasteiger partial charge in [0.1, 0.15) is 0 Å². The Morgan fingerprint density at radius 2 is 1.44 bits per heavy atom. The predicted molar refractivity (Wildman–Crippen MR) is 34.7 cm³/mol. The molecule has 4 nitrogen and oxygen atoms in total. The molecule has 0 radical (unpaired) electrons. The zero-order valence-corrected chi connectivity index (χ0v) is 7.56. The van der Waals surface area contributed by atoms with E-state index in [9.17, 15) is 9.59 Å². The van der Waals surface area contributed by atoms with E-state index >= 15 is 0 Å². The van der Waals surface area contributed by atoms with Crippen LogP contribution in [0.1, 0.15) is 0 Å². The summed E-state index contributed by atoms with van der Waals surface area (Å²) >= 11 is -1.17. The average molecular weight is 244 g/mol. The van der Waals surface area contributed by atoms with Gasteiger partial charge in [0.2, 0.25) is 0 Å². The molecular formula is C4H8N2O2Te. The summed E-state index contributed by atoms with van der Waals surface area (Å²) in [6.45, 7) is 0. The zero-order valence-electron chi connectivity index (χ0n) is 5.22. The molecule has 0 unspecified atom stereocenters. The third kappa shape index (κ3) is 4.25. The Hall–Kier alpha value is -0.270. The Bertz CT molecular complexity index is 112. The van der Waals surface area contributed by atoms with Crippen molar-refractivity contribution < 1.29 is 9.59 Å². The topological polar surface area (TPSA) is 58.2 Å². The van der Waals surface area contributed by atoms with Crippen LogP contribution in [-0.2, 0) is 0 Å². The van der Waals surface area contributed by atoms with Gasteiger partial charge in [-0.3, -0.25) is 0 Å². The molecule has 5 heteroatoms. The van der Waals surface area contributed by atoms with Gasteiger partial charge in [-0.1, -0.05) is 0 Å². The van der Waals surface area contributed by atoms with E-state index in [2.05, 4.69) is 10.6 Å². The van der Waals surface area contributed by atoms with E-state index in [1.54, 1.807) is 0 Å². The summed E-state index contributed by atoms with van der Waals surface area (Å²) in [4.78, 5) is 20.9. The Balaban J connectivity index is 3.47. The Kier molecular flexibility index (Phi) is 4.46. The second kappa shape index (κ2) is 4.59. The van der Waals surface area contributed by atoms with E-state index in [0.717, 1.165) is 0 Å². The van der Waals surface area contributed by atoms with Crippen molar-refractivity contribution in [1.29, 1.82) is 0 Å². The average Bonchev–Trinajstić information content (AvgIpc) is 1.87. The third-order valence-corrected chi connectivity index (χ3v) is 2.82. The Labute approximate surface area is 63.5 Å². The van der Waals surface area contributed by atoms with Gasteiger partial charge in [0.25, 0.3) is 0 Å². The normalized spacial score (nSPS) is 8.22. The van der Waals surface area contributed by atoms with Crippen molar-refractivity contribution in [3.05, 3.63) is 0 Å². The molecule has 0 heterocycles. The fraction of sp³-hybridized carbons (Fsp3) is 0.500. The van der Waals surface area contributed by atoms with E-state index in [1.165, 1.54) is 14.1 Å². The van der Waals surface area contributed by atoms with Gasteiger partial charge in [-0.2, -0.15) is 0 Å². The third-order valence-electron chi connectivity index (χ3n) is 0.594. The molecule has 2 amide bonds. The van der Waals surface area contributed by atoms with E-state index in [-0.39, 0.29) is 7.91 Å². The fourth-order valence-corrected chi connectivity index (χ4v) is 1.25. The zero-order chi connectivity index (χ0) is 7.28. The summed E-state index contributed by atoms with van der Waals surface area (Å²) in [6, 6.07) is 0. The van der Waals surface area contributed by atoms with Crippen LogP contribution in [0.25, 0.3) is 0 Å². The second-order valence-electron chi connectivity index (χ2n) is 1.18. The van der Waals surface area contributed by atoms with Gasteiger partial charge >= 0.3 is 63.2 Å². The van der Waals surface area contributed by atoms with Crippen LogP contribution in [-0.4, -0.2) is 42.9 Å². The maximum atomic E-state index is 10.5. The van der Waals surface area contributed by atoms with Crippen LogP contribution in [0.4, 0.5) is 9.59 Å². The molecule has 0 aliphatic heterocycles. The van der Waals surface area contributed by atoms with Crippen LogP contribution < -0.4 is 10.6 Å². The van der Waals surface area contributed by atoms with Gasteiger partial charge in [-0.15, -0.1) is 0 Å². The number of hydrogen-bond acceptors (Lipinski definition) is 2. The van der Waals surface area contributed by atoms with Gasteiger partial charge < -0.3 is 0 Å². The van der Waals surface area contributed by atoms with E-state index in [4.69, 9.17) is 0 Å². The first-order valence-electron chi connectivity index (χ1n) is 2.32. The van der Waals surface area contributed by atoms with Crippen molar-refractivity contribution in [2.75, 3.05) is 14.1 Å². The molecule has 0 aromatic rings. The molecular weight excluding hydrogens is 236 g/mol. The molecule has 0 bridgehead atoms. The molecule has 0 aromatic carbocycles. The van der Waals surface area contributed by atoms with E-state index in [1.807, 2.05) is 0 Å². The molecule has 0 rings (SSSR count). The molecule has 0 spiro atoms. The fourth-order valence-electron chi connectivity index (χ4n) is 0.186. The van der Waals surface area contributed by atoms with Crippen LogP contribution in [0.15, 0.2) is 0 Å². The number of carbonyl (C=O) groups excluding carboxylic acids is 2. The summed E-state index contributed by atoms with van der Waals surface area (Å²) in [6.07, 6.45) is 0. The SMILES string of the molecule is CNC(=O)[Te]C(=O)NC. The summed E-state index contributed by atoms with van der Waals surface area (Å²) in [5.74, 6) is 0. The van der Waals surface area contributed by atoms with Gasteiger partial charge in [-0.25, -0.2) is 0 Å². The monoisotopic (exact) mass is 246 g/mol. The molecule has 0 aromatic heterocycles. The first-order chi connectivity index (χ1) is 4.20. The van der Waals surface area contributed by atoms with Gasteiger partial charge in [0.15, 0.2) is 0 Å². The molecule has 9 heavy (non-hydrogen) atoms. The number of carbonyl (C=O) groups is 2. The minimum absolute atomic E-state index is 0.139. The van der Waals surface area contributed by atoms with Crippen molar-refractivity contribution in [2.24, 2.45) is 0 Å². The van der Waals surface area contributed by atoms with Crippen LogP contribution in [0.2, 0.25) is 0 Å². The standard InChI is InChI=1S/C4H8N2O2Te/c1-5-3(7)9-4(8)6-2/h1-2H3,(H,5,7)(H,6,8). The van der Waals surface area contributed by atoms with Gasteiger partial charge in [0.05, 0.1) is 0 Å². The van der Waals surface area contributed by atoms with Crippen LogP contribution in [0, 0.1) is 0 Å². The van der Waals surface area contributed by atoms with Gasteiger partial charge in [-0.05, 0) is 0 Å². The predicted octanol–water partition coefficient (Wildman–Crippen LogP) is -0.631. The van der Waals surface area contributed by atoms with Crippen molar-refractivity contribution in [1.82, 2.24) is 10.6 Å². The van der Waals surface area contributed by atoms with Crippen LogP contribution in [0.3, 0.4) is 0 Å². The summed E-state index contributed by atoms with van der Waals surface area (Å²) in [7, 11) is 3.05. The number of rotatable bonds is 2. The summed E-state index contributed by atoms with van der Waals surface area (Å²) < 4.78 is -0.278. The first kappa shape index (κ1) is 8.73. The molecule has 0 saturated carbocycles. The quantitative estimate of drug-likeness (QED) is 0.635. The van der Waals surface area contributed by atoms with Crippen LogP contribution >= 0.6 is 0 Å². The van der Waals surface area contributed by atoms with Crippen LogP contribution in [0.5, 0.6) is 0 Å². The molecule has 0 atom stereocenters. The molecule has 0 aliphatic carbocycles. The number of nitrogens with one attached hydrogen (secondary N) is 2. The van der Waals surface area contributed by atoms with E-state index in [0.29, 0.717) is 0 Å². The van der Waals surface area contributed by atoms with Gasteiger partial charge in [0, 0.05) is 0 Å². The number of amides is 2. The second-order valence-corrected chi connectivity index (χ2v) is 3.88. The first-order valence-corrected chi connectivity index (χ1v) is 4.65. The molecule has 0 saturated heterocycles. The number of hydrogen-bond donors (Lipinski definition) is 2. The van der Waals surface area contributed by atoms with E-state index < -0.39 is 20.9 Å². The van der Waals surface area contributed by atoms with Crippen molar-refractivity contribution in [2.45, 2.75) is 0 Å². The molecule has 0 aliphatic rings. The molecule has 2 N–H and O–H groups in total. The summed E-state index contributed by atoms with van der Waals surface area (Å²) in [5.41, 5.74) is 0. The minimum atomic E-state index is -1.17. The Morgan fingerprint density at radius 3 is 1.67 bits per heavy atom.